The van der Waals surface area contributed by atoms with Crippen molar-refractivity contribution in [1.29, 1.82) is 0 Å². The number of aromatic nitrogens is 2. The molecule has 0 saturated carbocycles. The van der Waals surface area contributed by atoms with Crippen LogP contribution in [-0.2, 0) is 11.2 Å². The van der Waals surface area contributed by atoms with Gasteiger partial charge in [-0.1, -0.05) is 42.5 Å². The maximum absolute atomic E-state index is 12.5. The topological polar surface area (TPSA) is 66.1 Å². The summed E-state index contributed by atoms with van der Waals surface area (Å²) in [7, 11) is 0. The van der Waals surface area contributed by atoms with Crippen LogP contribution < -0.4 is 5.56 Å². The summed E-state index contributed by atoms with van der Waals surface area (Å²) in [5.74, 6) is 0.190. The number of carbonyl (C=O) groups is 1. The number of fused-ring (bicyclic) bond motifs is 1. The SMILES string of the molecule is C[C@@H]1CCCN1C(=O)Cc1ccc(-c2n[nH]c(=O)c3ccccc23)cc1. The minimum Gasteiger partial charge on any atom is -0.340 e. The second kappa shape index (κ2) is 6.75. The Balaban J connectivity index is 1.60. The number of nitrogens with zero attached hydrogens (tertiary/aromatic N) is 2. The van der Waals surface area contributed by atoms with Crippen LogP contribution in [0.3, 0.4) is 0 Å². The largest absolute Gasteiger partial charge is 0.340 e. The highest BCUT2D eigenvalue weighted by Crippen LogP contribution is 2.25. The monoisotopic (exact) mass is 347 g/mol. The number of hydrogen-bond donors (Lipinski definition) is 1. The normalized spacial score (nSPS) is 17.0. The molecule has 1 aliphatic rings. The molecule has 132 valence electrons. The minimum absolute atomic E-state index is 0.189. The summed E-state index contributed by atoms with van der Waals surface area (Å²) in [5, 5.41) is 8.24. The van der Waals surface area contributed by atoms with Gasteiger partial charge in [-0.15, -0.1) is 0 Å². The predicted molar refractivity (Wildman–Crippen MR) is 102 cm³/mol. The Kier molecular flexibility index (Phi) is 4.29. The highest BCUT2D eigenvalue weighted by molar-refractivity contribution is 5.93. The van der Waals surface area contributed by atoms with Crippen LogP contribution >= 0.6 is 0 Å². The number of likely N-dealkylation sites (tertiary alicyclic amines) is 1. The maximum atomic E-state index is 12.5. The molecular weight excluding hydrogens is 326 g/mol. The van der Waals surface area contributed by atoms with E-state index in [4.69, 9.17) is 0 Å². The van der Waals surface area contributed by atoms with Gasteiger partial charge in [0, 0.05) is 23.5 Å². The number of rotatable bonds is 3. The molecule has 1 N–H and O–H groups in total. The van der Waals surface area contributed by atoms with Gasteiger partial charge in [0.25, 0.3) is 5.56 Å². The summed E-state index contributed by atoms with van der Waals surface area (Å²) in [6.07, 6.45) is 2.61. The van der Waals surface area contributed by atoms with Crippen LogP contribution in [-0.4, -0.2) is 33.6 Å². The fourth-order valence-electron chi connectivity index (χ4n) is 3.70. The van der Waals surface area contributed by atoms with Crippen LogP contribution in [0, 0.1) is 0 Å². The molecule has 1 fully saturated rings. The van der Waals surface area contributed by atoms with Crippen molar-refractivity contribution in [2.24, 2.45) is 0 Å². The number of aromatic amines is 1. The Morgan fingerprint density at radius 3 is 2.58 bits per heavy atom. The van der Waals surface area contributed by atoms with Crippen molar-refractivity contribution in [2.75, 3.05) is 6.54 Å². The summed E-state index contributed by atoms with van der Waals surface area (Å²) in [4.78, 5) is 26.4. The molecule has 1 aromatic heterocycles. The van der Waals surface area contributed by atoms with Gasteiger partial charge in [0.1, 0.15) is 0 Å². The molecule has 1 saturated heterocycles. The van der Waals surface area contributed by atoms with Gasteiger partial charge < -0.3 is 4.90 Å². The number of H-pyrrole nitrogens is 1. The number of benzene rings is 2. The van der Waals surface area contributed by atoms with Gasteiger partial charge >= 0.3 is 0 Å². The first-order valence-corrected chi connectivity index (χ1v) is 8.99. The molecule has 2 heterocycles. The van der Waals surface area contributed by atoms with Gasteiger partial charge in [0.05, 0.1) is 17.5 Å². The third kappa shape index (κ3) is 3.01. The molecule has 5 nitrogen and oxygen atoms in total. The lowest BCUT2D eigenvalue weighted by atomic mass is 10.0. The summed E-state index contributed by atoms with van der Waals surface area (Å²) < 4.78 is 0. The molecule has 0 radical (unpaired) electrons. The van der Waals surface area contributed by atoms with Crippen molar-refractivity contribution >= 4 is 16.7 Å². The number of carbonyl (C=O) groups excluding carboxylic acids is 1. The van der Waals surface area contributed by atoms with E-state index in [0.29, 0.717) is 17.8 Å². The second-order valence-corrected chi connectivity index (χ2v) is 6.90. The first-order valence-electron chi connectivity index (χ1n) is 8.99. The average molecular weight is 347 g/mol. The van der Waals surface area contributed by atoms with E-state index in [9.17, 15) is 9.59 Å². The smallest absolute Gasteiger partial charge is 0.272 e. The molecule has 0 bridgehead atoms. The molecule has 5 heteroatoms. The van der Waals surface area contributed by atoms with E-state index < -0.39 is 0 Å². The molecule has 4 rings (SSSR count). The van der Waals surface area contributed by atoms with Gasteiger partial charge in [0.15, 0.2) is 0 Å². The highest BCUT2D eigenvalue weighted by Gasteiger charge is 2.24. The standard InChI is InChI=1S/C21H21N3O2/c1-14-5-4-12-24(14)19(25)13-15-8-10-16(11-9-15)20-17-6-2-3-7-18(17)21(26)23-22-20/h2-3,6-11,14H,4-5,12-13H2,1H3,(H,23,26)/t14-/m1/s1. The van der Waals surface area contributed by atoms with Crippen LogP contribution in [0.4, 0.5) is 0 Å². The van der Waals surface area contributed by atoms with Crippen molar-refractivity contribution in [2.45, 2.75) is 32.2 Å². The highest BCUT2D eigenvalue weighted by atomic mass is 16.2. The Morgan fingerprint density at radius 2 is 1.88 bits per heavy atom. The third-order valence-electron chi connectivity index (χ3n) is 5.15. The molecule has 0 unspecified atom stereocenters. The van der Waals surface area contributed by atoms with Gasteiger partial charge in [-0.3, -0.25) is 9.59 Å². The Bertz CT molecular complexity index is 1010. The predicted octanol–water partition coefficient (Wildman–Crippen LogP) is 3.14. The van der Waals surface area contributed by atoms with Gasteiger partial charge in [-0.2, -0.15) is 5.10 Å². The molecule has 0 spiro atoms. The zero-order valence-electron chi connectivity index (χ0n) is 14.7. The van der Waals surface area contributed by atoms with Crippen molar-refractivity contribution in [3.05, 3.63) is 64.4 Å². The lowest BCUT2D eigenvalue weighted by Crippen LogP contribution is -2.34. The Labute approximate surface area is 151 Å². The van der Waals surface area contributed by atoms with Crippen LogP contribution in [0.5, 0.6) is 0 Å². The number of amides is 1. The van der Waals surface area contributed by atoms with Crippen molar-refractivity contribution in [1.82, 2.24) is 15.1 Å². The molecule has 1 atom stereocenters. The fraction of sp³-hybridized carbons (Fsp3) is 0.286. The summed E-state index contributed by atoms with van der Waals surface area (Å²) in [6, 6.07) is 15.6. The van der Waals surface area contributed by atoms with E-state index in [1.165, 1.54) is 0 Å². The zero-order valence-corrected chi connectivity index (χ0v) is 14.7. The fourth-order valence-corrected chi connectivity index (χ4v) is 3.70. The van der Waals surface area contributed by atoms with Gasteiger partial charge in [0.2, 0.25) is 5.91 Å². The molecule has 26 heavy (non-hydrogen) atoms. The van der Waals surface area contributed by atoms with Crippen LogP contribution in [0.15, 0.2) is 53.3 Å². The van der Waals surface area contributed by atoms with E-state index >= 15 is 0 Å². The van der Waals surface area contributed by atoms with Gasteiger partial charge in [-0.05, 0) is 31.4 Å². The van der Waals surface area contributed by atoms with E-state index in [1.54, 1.807) is 6.07 Å². The molecule has 3 aromatic rings. The zero-order chi connectivity index (χ0) is 18.1. The summed E-state index contributed by atoms with van der Waals surface area (Å²) >= 11 is 0. The first kappa shape index (κ1) is 16.5. The van der Waals surface area contributed by atoms with Crippen molar-refractivity contribution in [3.8, 4) is 11.3 Å². The lowest BCUT2D eigenvalue weighted by molar-refractivity contribution is -0.130. The van der Waals surface area contributed by atoms with Crippen LogP contribution in [0.1, 0.15) is 25.3 Å². The third-order valence-corrected chi connectivity index (χ3v) is 5.15. The minimum atomic E-state index is -0.189. The maximum Gasteiger partial charge on any atom is 0.272 e. The van der Waals surface area contributed by atoms with E-state index in [-0.39, 0.29) is 11.5 Å². The Morgan fingerprint density at radius 1 is 1.15 bits per heavy atom. The quantitative estimate of drug-likeness (QED) is 0.791. The lowest BCUT2D eigenvalue weighted by Gasteiger charge is -2.21. The molecular formula is C21H21N3O2. The first-order chi connectivity index (χ1) is 12.6. The summed E-state index contributed by atoms with van der Waals surface area (Å²) in [5.41, 5.74) is 2.47. The van der Waals surface area contributed by atoms with E-state index in [0.717, 1.165) is 41.6 Å². The second-order valence-electron chi connectivity index (χ2n) is 6.90. The van der Waals surface area contributed by atoms with Crippen LogP contribution in [0.2, 0.25) is 0 Å². The number of hydrogen-bond acceptors (Lipinski definition) is 3. The van der Waals surface area contributed by atoms with E-state index in [2.05, 4.69) is 17.1 Å². The van der Waals surface area contributed by atoms with E-state index in [1.807, 2.05) is 47.4 Å². The molecule has 1 aliphatic heterocycles. The summed E-state index contributed by atoms with van der Waals surface area (Å²) in [6.45, 7) is 2.98. The van der Waals surface area contributed by atoms with Crippen LogP contribution in [0.25, 0.3) is 22.0 Å². The molecule has 1 amide bonds. The molecule has 2 aromatic carbocycles. The average Bonchev–Trinajstić information content (AvgIpc) is 3.09. The van der Waals surface area contributed by atoms with Gasteiger partial charge in [-0.25, -0.2) is 5.10 Å². The molecule has 0 aliphatic carbocycles. The van der Waals surface area contributed by atoms with Crippen molar-refractivity contribution in [3.63, 3.8) is 0 Å². The number of nitrogens with one attached hydrogen (secondary N) is 1. The van der Waals surface area contributed by atoms with Crippen molar-refractivity contribution < 1.29 is 4.79 Å². The Hall–Kier alpha value is -2.95.